The van der Waals surface area contributed by atoms with Gasteiger partial charge in [0.1, 0.15) is 6.61 Å². The number of halogens is 6. The number of hydrogen-bond donors (Lipinski definition) is 1. The zero-order valence-electron chi connectivity index (χ0n) is 12.2. The summed E-state index contributed by atoms with van der Waals surface area (Å²) >= 11 is 0. The number of anilines is 1. The number of nitrogens with zero attached hydrogens (tertiary/aromatic N) is 3. The molecular formula is C13H10F6N4O2. The van der Waals surface area contributed by atoms with Gasteiger partial charge >= 0.3 is 12.4 Å². The predicted octanol–water partition coefficient (Wildman–Crippen LogP) is 2.62. The maximum Gasteiger partial charge on any atom is 0.453 e. The fraction of sp³-hybridized carbons (Fsp3) is 0.308. The molecule has 0 radical (unpaired) electrons. The smallest absolute Gasteiger partial charge is 0.453 e. The third-order valence-corrected chi connectivity index (χ3v) is 3.03. The summed E-state index contributed by atoms with van der Waals surface area (Å²) in [6.07, 6.45) is -10.2. The van der Waals surface area contributed by atoms with Gasteiger partial charge in [0, 0.05) is 11.3 Å². The van der Waals surface area contributed by atoms with E-state index in [-0.39, 0.29) is 29.0 Å². The van der Waals surface area contributed by atoms with Crippen LogP contribution in [0.1, 0.15) is 22.8 Å². The predicted molar refractivity (Wildman–Crippen MR) is 70.8 cm³/mol. The van der Waals surface area contributed by atoms with Crippen molar-refractivity contribution in [3.05, 3.63) is 41.0 Å². The number of carbonyl (C=O) groups excluding carboxylic acids is 1. The zero-order chi connectivity index (χ0) is 18.8. The number of hydrogen-bond acceptors (Lipinski definition) is 5. The number of ether oxygens (including phenoxy) is 1. The molecule has 0 unspecified atom stereocenters. The molecule has 0 fully saturated rings. The highest BCUT2D eigenvalue weighted by Crippen LogP contribution is 2.32. The second-order valence-corrected chi connectivity index (χ2v) is 4.85. The van der Waals surface area contributed by atoms with Crippen molar-refractivity contribution in [1.29, 1.82) is 0 Å². The van der Waals surface area contributed by atoms with Gasteiger partial charge in [-0.15, -0.1) is 5.10 Å². The fourth-order valence-electron chi connectivity index (χ4n) is 1.95. The summed E-state index contributed by atoms with van der Waals surface area (Å²) in [7, 11) is 0. The molecule has 0 amide bonds. The van der Waals surface area contributed by atoms with Crippen LogP contribution in [0.5, 0.6) is 0 Å². The van der Waals surface area contributed by atoms with E-state index in [0.29, 0.717) is 5.56 Å². The lowest BCUT2D eigenvalue weighted by Gasteiger charge is -2.10. The molecule has 2 N–H and O–H groups in total. The lowest BCUT2D eigenvalue weighted by molar-refractivity contribution is -0.150. The van der Waals surface area contributed by atoms with Crippen LogP contribution in [0.25, 0.3) is 0 Å². The molecule has 0 atom stereocenters. The minimum Gasteiger partial charge on any atom is -0.463 e. The summed E-state index contributed by atoms with van der Waals surface area (Å²) in [5.74, 6) is -3.66. The first kappa shape index (κ1) is 18.5. The lowest BCUT2D eigenvalue weighted by Crippen LogP contribution is -2.16. The van der Waals surface area contributed by atoms with E-state index >= 15 is 0 Å². The number of rotatable bonds is 5. The topological polar surface area (TPSA) is 83.0 Å². The van der Waals surface area contributed by atoms with Gasteiger partial charge in [0.05, 0.1) is 6.54 Å². The normalized spacial score (nSPS) is 12.2. The van der Waals surface area contributed by atoms with E-state index in [2.05, 4.69) is 14.8 Å². The van der Waals surface area contributed by atoms with Gasteiger partial charge in [-0.3, -0.25) is 4.79 Å². The molecule has 0 aliphatic carbocycles. The maximum absolute atomic E-state index is 12.9. The summed E-state index contributed by atoms with van der Waals surface area (Å²) in [6, 6.07) is 3.95. The molecule has 0 saturated carbocycles. The molecule has 0 saturated heterocycles. The van der Waals surface area contributed by atoms with Gasteiger partial charge in [0.25, 0.3) is 12.3 Å². The molecule has 1 aromatic carbocycles. The number of nitrogens with two attached hydrogens (primary N) is 1. The van der Waals surface area contributed by atoms with Gasteiger partial charge in [0.15, 0.2) is 0 Å². The summed E-state index contributed by atoms with van der Waals surface area (Å²) in [5, 5.41) is 2.89. The van der Waals surface area contributed by atoms with Crippen LogP contribution in [-0.2, 0) is 35.0 Å². The van der Waals surface area contributed by atoms with E-state index in [4.69, 9.17) is 5.73 Å². The van der Waals surface area contributed by atoms with Gasteiger partial charge in [0.2, 0.25) is 5.82 Å². The van der Waals surface area contributed by atoms with Crippen LogP contribution in [0.3, 0.4) is 0 Å². The Morgan fingerprint density at radius 3 is 2.36 bits per heavy atom. The Bertz CT molecular complexity index is 769. The fourth-order valence-corrected chi connectivity index (χ4v) is 1.95. The first-order valence-corrected chi connectivity index (χ1v) is 6.54. The van der Waals surface area contributed by atoms with Crippen LogP contribution in [0.4, 0.5) is 32.0 Å². The molecule has 0 aliphatic heterocycles. The van der Waals surface area contributed by atoms with Crippen molar-refractivity contribution in [2.75, 3.05) is 5.73 Å². The van der Waals surface area contributed by atoms with Gasteiger partial charge in [-0.25, -0.2) is 4.68 Å². The number of benzene rings is 1. The van der Waals surface area contributed by atoms with Gasteiger partial charge in [-0.1, -0.05) is 12.1 Å². The van der Waals surface area contributed by atoms with Gasteiger partial charge in [-0.2, -0.15) is 31.3 Å². The molecule has 0 spiro atoms. The third kappa shape index (κ3) is 4.39. The van der Waals surface area contributed by atoms with E-state index in [9.17, 15) is 31.1 Å². The monoisotopic (exact) mass is 368 g/mol. The molecule has 2 aromatic rings. The van der Waals surface area contributed by atoms with E-state index in [1.54, 1.807) is 0 Å². The Morgan fingerprint density at radius 1 is 1.16 bits per heavy atom. The van der Waals surface area contributed by atoms with Crippen LogP contribution >= 0.6 is 0 Å². The largest absolute Gasteiger partial charge is 0.463 e. The van der Waals surface area contributed by atoms with Crippen molar-refractivity contribution < 1.29 is 35.9 Å². The van der Waals surface area contributed by atoms with Crippen molar-refractivity contribution in [3.63, 3.8) is 0 Å². The second kappa shape index (κ2) is 6.61. The van der Waals surface area contributed by atoms with Crippen molar-refractivity contribution in [3.8, 4) is 0 Å². The summed E-state index contributed by atoms with van der Waals surface area (Å²) < 4.78 is 80.9. The van der Waals surface area contributed by atoms with Gasteiger partial charge in [-0.05, 0) is 11.6 Å². The van der Waals surface area contributed by atoms with E-state index < -0.39 is 30.5 Å². The Kier molecular flexibility index (Phi) is 4.90. The molecule has 0 bridgehead atoms. The molecule has 12 heteroatoms. The molecule has 25 heavy (non-hydrogen) atoms. The SMILES string of the molecule is Nc1cc(Cn2nc(C(F)(F)F)nc2C(F)(F)F)ccc1COC=O. The first-order valence-electron chi connectivity index (χ1n) is 6.54. The Morgan fingerprint density at radius 2 is 1.84 bits per heavy atom. The van der Waals surface area contributed by atoms with Crippen LogP contribution < -0.4 is 5.73 Å². The summed E-state index contributed by atoms with van der Waals surface area (Å²) in [4.78, 5) is 12.7. The highest BCUT2D eigenvalue weighted by Gasteiger charge is 2.43. The van der Waals surface area contributed by atoms with Crippen LogP contribution in [-0.4, -0.2) is 21.2 Å². The molecule has 1 heterocycles. The van der Waals surface area contributed by atoms with E-state index in [1.807, 2.05) is 0 Å². The highest BCUT2D eigenvalue weighted by atomic mass is 19.4. The number of carbonyl (C=O) groups is 1. The second-order valence-electron chi connectivity index (χ2n) is 4.85. The molecule has 6 nitrogen and oxygen atoms in total. The average Bonchev–Trinajstić information content (AvgIpc) is 2.90. The van der Waals surface area contributed by atoms with Crippen molar-refractivity contribution in [2.24, 2.45) is 0 Å². The summed E-state index contributed by atoms with van der Waals surface area (Å²) in [5.41, 5.74) is 6.33. The highest BCUT2D eigenvalue weighted by molar-refractivity contribution is 5.50. The Balaban J connectivity index is 2.35. The van der Waals surface area contributed by atoms with Crippen molar-refractivity contribution >= 4 is 12.2 Å². The number of alkyl halides is 6. The Labute approximate surface area is 136 Å². The van der Waals surface area contributed by atoms with E-state index in [1.165, 1.54) is 18.2 Å². The standard InChI is InChI=1S/C13H10F6N4O2/c14-12(15,16)10-21-11(13(17,18)19)23(22-10)4-7-1-2-8(5-25-6-24)9(20)3-7/h1-3,6H,4-5,20H2. The van der Waals surface area contributed by atoms with Crippen LogP contribution in [0.15, 0.2) is 18.2 Å². The molecule has 136 valence electrons. The average molecular weight is 368 g/mol. The van der Waals surface area contributed by atoms with Crippen LogP contribution in [0, 0.1) is 0 Å². The number of nitrogen functional groups attached to an aromatic ring is 1. The van der Waals surface area contributed by atoms with Crippen LogP contribution in [0.2, 0.25) is 0 Å². The summed E-state index contributed by atoms with van der Waals surface area (Å²) in [6.45, 7) is -0.584. The molecular weight excluding hydrogens is 358 g/mol. The van der Waals surface area contributed by atoms with E-state index in [0.717, 1.165) is 0 Å². The third-order valence-electron chi connectivity index (χ3n) is 3.03. The quantitative estimate of drug-likeness (QED) is 0.498. The van der Waals surface area contributed by atoms with Crippen molar-refractivity contribution in [2.45, 2.75) is 25.5 Å². The molecule has 2 rings (SSSR count). The van der Waals surface area contributed by atoms with Crippen molar-refractivity contribution in [1.82, 2.24) is 14.8 Å². The Hall–Kier alpha value is -2.79. The molecule has 1 aromatic heterocycles. The lowest BCUT2D eigenvalue weighted by atomic mass is 10.1. The first-order chi connectivity index (χ1) is 11.5. The minimum atomic E-state index is -5.11. The van der Waals surface area contributed by atoms with Gasteiger partial charge < -0.3 is 10.5 Å². The number of aromatic nitrogens is 3. The maximum atomic E-state index is 12.9. The zero-order valence-corrected chi connectivity index (χ0v) is 12.2. The molecule has 0 aliphatic rings. The minimum absolute atomic E-state index is 0.101.